The summed E-state index contributed by atoms with van der Waals surface area (Å²) in [5.74, 6) is -0.225. The van der Waals surface area contributed by atoms with Gasteiger partial charge >= 0.3 is 0 Å². The second-order valence-corrected chi connectivity index (χ2v) is 5.82. The molecule has 2 fully saturated rings. The molecule has 1 saturated heterocycles. The summed E-state index contributed by atoms with van der Waals surface area (Å²) in [6.45, 7) is 0. The Morgan fingerprint density at radius 3 is 2.95 bits per heavy atom. The summed E-state index contributed by atoms with van der Waals surface area (Å²) in [6.07, 6.45) is 7.76. The van der Waals surface area contributed by atoms with Crippen molar-refractivity contribution in [1.29, 1.82) is 0 Å². The summed E-state index contributed by atoms with van der Waals surface area (Å²) < 4.78 is 20.8. The van der Waals surface area contributed by atoms with Crippen molar-refractivity contribution in [1.82, 2.24) is 9.78 Å². The Balaban J connectivity index is 1.64. The third kappa shape index (κ3) is 1.25. The monoisotopic (exact) mass is 268 g/mol. The number of ether oxygens (including phenoxy) is 1. The average Bonchev–Trinajstić information content (AvgIpc) is 2.83. The highest BCUT2D eigenvalue weighted by Gasteiger charge is 2.63. The van der Waals surface area contributed by atoms with Crippen molar-refractivity contribution >= 4 is 6.08 Å². The summed E-state index contributed by atoms with van der Waals surface area (Å²) in [5, 5.41) is 4.47. The molecule has 3 aliphatic rings. The molecule has 2 heterocycles. The van der Waals surface area contributed by atoms with E-state index in [4.69, 9.17) is 4.74 Å². The van der Waals surface area contributed by atoms with Crippen molar-refractivity contribution in [2.45, 2.75) is 31.0 Å². The SMILES string of the molecule is Fc1ccc(-n2ncc3c2C=C2CCC4OC24C3)cc1. The van der Waals surface area contributed by atoms with Crippen molar-refractivity contribution < 1.29 is 9.13 Å². The number of benzene rings is 1. The molecule has 1 aliphatic heterocycles. The molecule has 1 spiro atoms. The second-order valence-electron chi connectivity index (χ2n) is 5.82. The third-order valence-electron chi connectivity index (χ3n) is 4.76. The summed E-state index contributed by atoms with van der Waals surface area (Å²) in [5.41, 5.74) is 4.64. The van der Waals surface area contributed by atoms with Crippen LogP contribution in [0.25, 0.3) is 11.8 Å². The Morgan fingerprint density at radius 1 is 1.30 bits per heavy atom. The third-order valence-corrected chi connectivity index (χ3v) is 4.76. The molecule has 0 amide bonds. The molecule has 100 valence electrons. The zero-order valence-electron chi connectivity index (χ0n) is 10.8. The van der Waals surface area contributed by atoms with Crippen LogP contribution >= 0.6 is 0 Å². The van der Waals surface area contributed by atoms with Crippen LogP contribution in [0, 0.1) is 5.82 Å². The molecule has 0 bridgehead atoms. The Hall–Kier alpha value is -1.94. The molecule has 2 unspecified atom stereocenters. The van der Waals surface area contributed by atoms with Gasteiger partial charge in [0.05, 0.1) is 23.7 Å². The molecule has 20 heavy (non-hydrogen) atoms. The summed E-state index contributed by atoms with van der Waals surface area (Å²) >= 11 is 0. The zero-order chi connectivity index (χ0) is 13.3. The molecule has 4 heteroatoms. The number of fused-ring (bicyclic) bond motifs is 1. The first-order valence-electron chi connectivity index (χ1n) is 6.98. The van der Waals surface area contributed by atoms with Crippen LogP contribution in [-0.2, 0) is 11.2 Å². The molecule has 0 radical (unpaired) electrons. The number of hydrogen-bond acceptors (Lipinski definition) is 2. The maximum atomic E-state index is 13.0. The van der Waals surface area contributed by atoms with Crippen LogP contribution in [0.3, 0.4) is 0 Å². The van der Waals surface area contributed by atoms with Crippen molar-refractivity contribution in [3.63, 3.8) is 0 Å². The molecule has 5 rings (SSSR count). The number of epoxide rings is 1. The first kappa shape index (κ1) is 10.8. The lowest BCUT2D eigenvalue weighted by molar-refractivity contribution is 0.292. The Bertz CT molecular complexity index is 746. The first-order chi connectivity index (χ1) is 9.76. The van der Waals surface area contributed by atoms with Crippen molar-refractivity contribution in [3.05, 3.63) is 53.1 Å². The molecule has 2 aliphatic carbocycles. The van der Waals surface area contributed by atoms with E-state index in [1.807, 2.05) is 10.9 Å². The molecule has 1 saturated carbocycles. The van der Waals surface area contributed by atoms with E-state index in [0.29, 0.717) is 6.10 Å². The van der Waals surface area contributed by atoms with Crippen LogP contribution in [0.2, 0.25) is 0 Å². The minimum absolute atomic E-state index is 0.00363. The van der Waals surface area contributed by atoms with Crippen LogP contribution < -0.4 is 0 Å². The standard InChI is InChI=1S/C16H13FN2O/c17-12-2-4-13(5-3-12)19-14-7-11-1-6-15-16(11,20-15)8-10(14)9-18-19/h2-5,7,9,15H,1,6,8H2. The van der Waals surface area contributed by atoms with E-state index < -0.39 is 0 Å². The van der Waals surface area contributed by atoms with E-state index in [9.17, 15) is 4.39 Å². The van der Waals surface area contributed by atoms with Gasteiger partial charge < -0.3 is 4.74 Å². The minimum atomic E-state index is -0.225. The molecular weight excluding hydrogens is 255 g/mol. The highest BCUT2D eigenvalue weighted by Crippen LogP contribution is 2.57. The fourth-order valence-electron chi connectivity index (χ4n) is 3.67. The lowest BCUT2D eigenvalue weighted by Crippen LogP contribution is -2.21. The Morgan fingerprint density at radius 2 is 2.15 bits per heavy atom. The number of nitrogens with zero attached hydrogens (tertiary/aromatic N) is 2. The number of hydrogen-bond donors (Lipinski definition) is 0. The number of aromatic nitrogens is 2. The molecule has 2 atom stereocenters. The fourth-order valence-corrected chi connectivity index (χ4v) is 3.67. The van der Waals surface area contributed by atoms with Gasteiger partial charge in [-0.25, -0.2) is 9.07 Å². The first-order valence-corrected chi connectivity index (χ1v) is 6.98. The molecule has 1 aromatic heterocycles. The van der Waals surface area contributed by atoms with Crippen LogP contribution in [0.1, 0.15) is 24.1 Å². The van der Waals surface area contributed by atoms with Gasteiger partial charge in [-0.15, -0.1) is 0 Å². The van der Waals surface area contributed by atoms with Gasteiger partial charge in [0.1, 0.15) is 11.4 Å². The van der Waals surface area contributed by atoms with Crippen molar-refractivity contribution in [2.75, 3.05) is 0 Å². The van der Waals surface area contributed by atoms with Gasteiger partial charge in [0.25, 0.3) is 0 Å². The van der Waals surface area contributed by atoms with E-state index >= 15 is 0 Å². The highest BCUT2D eigenvalue weighted by molar-refractivity contribution is 5.65. The van der Waals surface area contributed by atoms with E-state index in [1.54, 1.807) is 12.1 Å². The van der Waals surface area contributed by atoms with Gasteiger partial charge in [-0.05, 0) is 48.8 Å². The molecule has 0 N–H and O–H groups in total. The number of halogens is 1. The second kappa shape index (κ2) is 3.38. The smallest absolute Gasteiger partial charge is 0.123 e. The van der Waals surface area contributed by atoms with Gasteiger partial charge in [-0.1, -0.05) is 0 Å². The van der Waals surface area contributed by atoms with Gasteiger partial charge in [0.2, 0.25) is 0 Å². The van der Waals surface area contributed by atoms with Gasteiger partial charge in [0, 0.05) is 12.0 Å². The summed E-state index contributed by atoms with van der Waals surface area (Å²) in [7, 11) is 0. The molecule has 3 nitrogen and oxygen atoms in total. The molecule has 1 aromatic carbocycles. The van der Waals surface area contributed by atoms with Gasteiger partial charge in [-0.2, -0.15) is 5.10 Å². The zero-order valence-corrected chi connectivity index (χ0v) is 10.8. The minimum Gasteiger partial charge on any atom is -0.361 e. The van der Waals surface area contributed by atoms with Gasteiger partial charge in [-0.3, -0.25) is 0 Å². The van der Waals surface area contributed by atoms with Crippen LogP contribution in [0.4, 0.5) is 4.39 Å². The van der Waals surface area contributed by atoms with E-state index in [0.717, 1.165) is 30.6 Å². The Kier molecular flexibility index (Phi) is 1.83. The van der Waals surface area contributed by atoms with E-state index in [2.05, 4.69) is 11.2 Å². The summed E-state index contributed by atoms with van der Waals surface area (Å²) in [6, 6.07) is 6.46. The summed E-state index contributed by atoms with van der Waals surface area (Å²) in [4.78, 5) is 0. The van der Waals surface area contributed by atoms with Crippen LogP contribution in [0.15, 0.2) is 36.0 Å². The van der Waals surface area contributed by atoms with Crippen LogP contribution in [-0.4, -0.2) is 21.5 Å². The van der Waals surface area contributed by atoms with E-state index in [-0.39, 0.29) is 11.4 Å². The van der Waals surface area contributed by atoms with Gasteiger partial charge in [0.15, 0.2) is 0 Å². The molecule has 2 aromatic rings. The fraction of sp³-hybridized carbons (Fsp3) is 0.312. The van der Waals surface area contributed by atoms with E-state index in [1.165, 1.54) is 23.3 Å². The number of rotatable bonds is 1. The predicted octanol–water partition coefficient (Wildman–Crippen LogP) is 2.88. The lowest BCUT2D eigenvalue weighted by atomic mass is 9.87. The largest absolute Gasteiger partial charge is 0.361 e. The van der Waals surface area contributed by atoms with Crippen molar-refractivity contribution in [3.8, 4) is 5.69 Å². The molecular formula is C16H13FN2O. The quantitative estimate of drug-likeness (QED) is 0.744. The highest BCUT2D eigenvalue weighted by atomic mass is 19.1. The van der Waals surface area contributed by atoms with Crippen LogP contribution in [0.5, 0.6) is 0 Å². The lowest BCUT2D eigenvalue weighted by Gasteiger charge is -2.19. The average molecular weight is 268 g/mol. The maximum absolute atomic E-state index is 13.0. The van der Waals surface area contributed by atoms with Crippen molar-refractivity contribution in [2.24, 2.45) is 0 Å². The normalized spacial score (nSPS) is 29.4. The topological polar surface area (TPSA) is 30.4 Å². The maximum Gasteiger partial charge on any atom is 0.123 e. The predicted molar refractivity (Wildman–Crippen MR) is 72.0 cm³/mol. The Labute approximate surface area is 115 Å².